The molecule has 0 aromatic heterocycles. The number of unbranched alkanes of at least 4 members (excludes halogenated alkanes) is 1. The van der Waals surface area contributed by atoms with Gasteiger partial charge >= 0.3 is 8.56 Å². The van der Waals surface area contributed by atoms with E-state index in [0.717, 1.165) is 18.4 Å². The Labute approximate surface area is 134 Å². The monoisotopic (exact) mass is 314 g/mol. The first-order valence-electron chi connectivity index (χ1n) is 9.32. The molecule has 0 aromatic rings. The molecule has 126 valence electrons. The second-order valence-electron chi connectivity index (χ2n) is 7.13. The molecule has 0 aliphatic heterocycles. The average Bonchev–Trinajstić information content (AvgIpc) is 2.78. The SMILES string of the molecule is CCCCC(CC)C[Si](C)(OC)OCC1CCCCCC1. The summed E-state index contributed by atoms with van der Waals surface area (Å²) in [5.74, 6) is 1.57. The van der Waals surface area contributed by atoms with Crippen molar-refractivity contribution >= 4 is 8.56 Å². The Bertz CT molecular complexity index is 252. The molecule has 0 heterocycles. The fourth-order valence-corrected chi connectivity index (χ4v) is 6.03. The number of hydrogen-bond donors (Lipinski definition) is 0. The highest BCUT2D eigenvalue weighted by Gasteiger charge is 2.33. The van der Waals surface area contributed by atoms with Crippen LogP contribution in [0.1, 0.15) is 78.1 Å². The van der Waals surface area contributed by atoms with E-state index in [1.807, 2.05) is 7.11 Å². The maximum Gasteiger partial charge on any atom is 0.334 e. The van der Waals surface area contributed by atoms with E-state index in [1.165, 1.54) is 70.3 Å². The first-order chi connectivity index (χ1) is 10.1. The van der Waals surface area contributed by atoms with Gasteiger partial charge in [-0.15, -0.1) is 0 Å². The topological polar surface area (TPSA) is 18.5 Å². The molecule has 1 aliphatic carbocycles. The van der Waals surface area contributed by atoms with Crippen LogP contribution in [-0.4, -0.2) is 22.3 Å². The largest absolute Gasteiger partial charge is 0.398 e. The fourth-order valence-electron chi connectivity index (χ4n) is 3.49. The zero-order valence-electron chi connectivity index (χ0n) is 15.0. The van der Waals surface area contributed by atoms with Gasteiger partial charge in [-0.1, -0.05) is 65.2 Å². The van der Waals surface area contributed by atoms with Crippen LogP contribution in [0.5, 0.6) is 0 Å². The van der Waals surface area contributed by atoms with E-state index in [0.29, 0.717) is 0 Å². The van der Waals surface area contributed by atoms with Gasteiger partial charge in [0.1, 0.15) is 0 Å². The van der Waals surface area contributed by atoms with Crippen LogP contribution >= 0.6 is 0 Å². The van der Waals surface area contributed by atoms with Crippen LogP contribution in [0.4, 0.5) is 0 Å². The lowest BCUT2D eigenvalue weighted by Crippen LogP contribution is -2.40. The molecule has 3 heteroatoms. The predicted molar refractivity (Wildman–Crippen MR) is 93.9 cm³/mol. The molecule has 0 amide bonds. The van der Waals surface area contributed by atoms with Crippen LogP contribution in [-0.2, 0) is 8.85 Å². The second-order valence-corrected chi connectivity index (χ2v) is 10.5. The van der Waals surface area contributed by atoms with Gasteiger partial charge in [-0.2, -0.15) is 0 Å². The maximum atomic E-state index is 6.40. The molecule has 0 saturated heterocycles. The zero-order chi connectivity index (χ0) is 15.6. The van der Waals surface area contributed by atoms with Crippen LogP contribution in [0.2, 0.25) is 12.6 Å². The molecule has 0 bridgehead atoms. The highest BCUT2D eigenvalue weighted by Crippen LogP contribution is 2.28. The van der Waals surface area contributed by atoms with Gasteiger partial charge in [0, 0.05) is 13.7 Å². The average molecular weight is 315 g/mol. The van der Waals surface area contributed by atoms with Crippen molar-refractivity contribution < 1.29 is 8.85 Å². The molecular formula is C18H38O2Si. The molecule has 1 aliphatic rings. The van der Waals surface area contributed by atoms with E-state index in [-0.39, 0.29) is 0 Å². The van der Waals surface area contributed by atoms with E-state index in [2.05, 4.69) is 20.4 Å². The molecule has 1 saturated carbocycles. The smallest absolute Gasteiger partial charge is 0.334 e. The highest BCUT2D eigenvalue weighted by atomic mass is 28.4. The van der Waals surface area contributed by atoms with E-state index in [9.17, 15) is 0 Å². The fraction of sp³-hybridized carbons (Fsp3) is 1.00. The lowest BCUT2D eigenvalue weighted by molar-refractivity contribution is 0.158. The van der Waals surface area contributed by atoms with Gasteiger partial charge in [-0.3, -0.25) is 0 Å². The van der Waals surface area contributed by atoms with Gasteiger partial charge in [0.05, 0.1) is 0 Å². The summed E-state index contributed by atoms with van der Waals surface area (Å²) in [5.41, 5.74) is 0. The normalized spacial score (nSPS) is 21.7. The molecule has 1 rings (SSSR count). The lowest BCUT2D eigenvalue weighted by atomic mass is 10.0. The summed E-state index contributed by atoms with van der Waals surface area (Å²) in [6, 6.07) is 1.17. The van der Waals surface area contributed by atoms with Crippen LogP contribution in [0.3, 0.4) is 0 Å². The van der Waals surface area contributed by atoms with Crippen LogP contribution < -0.4 is 0 Å². The summed E-state index contributed by atoms with van der Waals surface area (Å²) in [4.78, 5) is 0. The molecule has 2 nitrogen and oxygen atoms in total. The van der Waals surface area contributed by atoms with Crippen LogP contribution in [0.25, 0.3) is 0 Å². The van der Waals surface area contributed by atoms with Gasteiger partial charge in [0.15, 0.2) is 0 Å². The lowest BCUT2D eigenvalue weighted by Gasteiger charge is -2.30. The Morgan fingerprint density at radius 2 is 1.76 bits per heavy atom. The molecule has 21 heavy (non-hydrogen) atoms. The summed E-state index contributed by atoms with van der Waals surface area (Å²) in [6.45, 7) is 7.82. The minimum absolute atomic E-state index is 0.783. The third-order valence-corrected chi connectivity index (χ3v) is 8.19. The van der Waals surface area contributed by atoms with Gasteiger partial charge in [-0.05, 0) is 37.3 Å². The third-order valence-electron chi connectivity index (χ3n) is 5.23. The van der Waals surface area contributed by atoms with E-state index in [1.54, 1.807) is 0 Å². The molecule has 0 radical (unpaired) electrons. The second kappa shape index (κ2) is 10.8. The van der Waals surface area contributed by atoms with Crippen molar-refractivity contribution in [3.63, 3.8) is 0 Å². The van der Waals surface area contributed by atoms with Crippen molar-refractivity contribution in [3.8, 4) is 0 Å². The molecule has 1 fully saturated rings. The third kappa shape index (κ3) is 7.80. The molecule has 0 spiro atoms. The Morgan fingerprint density at radius 3 is 2.29 bits per heavy atom. The van der Waals surface area contributed by atoms with Crippen LogP contribution in [0, 0.1) is 11.8 Å². The van der Waals surface area contributed by atoms with E-state index in [4.69, 9.17) is 8.85 Å². The molecule has 2 atom stereocenters. The van der Waals surface area contributed by atoms with Gasteiger partial charge < -0.3 is 8.85 Å². The Hall–Kier alpha value is 0.137. The van der Waals surface area contributed by atoms with Crippen molar-refractivity contribution in [2.75, 3.05) is 13.7 Å². The minimum Gasteiger partial charge on any atom is -0.398 e. The first kappa shape index (κ1) is 19.2. The van der Waals surface area contributed by atoms with Crippen molar-refractivity contribution in [1.82, 2.24) is 0 Å². The number of hydrogen-bond acceptors (Lipinski definition) is 2. The standard InChI is InChI=1S/C18H38O2Si/c1-5-7-12-17(6-2)16-21(4,19-3)20-15-18-13-10-8-9-11-14-18/h17-18H,5-16H2,1-4H3. The van der Waals surface area contributed by atoms with Crippen molar-refractivity contribution in [2.24, 2.45) is 11.8 Å². The highest BCUT2D eigenvalue weighted by molar-refractivity contribution is 6.66. The summed E-state index contributed by atoms with van der Waals surface area (Å²) >= 11 is 0. The van der Waals surface area contributed by atoms with Crippen molar-refractivity contribution in [3.05, 3.63) is 0 Å². The maximum absolute atomic E-state index is 6.40. The van der Waals surface area contributed by atoms with E-state index < -0.39 is 8.56 Å². The van der Waals surface area contributed by atoms with Gasteiger partial charge in [0.2, 0.25) is 0 Å². The van der Waals surface area contributed by atoms with Crippen LogP contribution in [0.15, 0.2) is 0 Å². The molecule has 0 aromatic carbocycles. The Morgan fingerprint density at radius 1 is 1.10 bits per heavy atom. The predicted octanol–water partition coefficient (Wildman–Crippen LogP) is 5.91. The van der Waals surface area contributed by atoms with E-state index >= 15 is 0 Å². The summed E-state index contributed by atoms with van der Waals surface area (Å²) in [5, 5.41) is 0. The van der Waals surface area contributed by atoms with Crippen molar-refractivity contribution in [1.29, 1.82) is 0 Å². The number of rotatable bonds is 10. The van der Waals surface area contributed by atoms with Gasteiger partial charge in [0.25, 0.3) is 0 Å². The minimum atomic E-state index is -1.96. The molecular weight excluding hydrogens is 276 g/mol. The first-order valence-corrected chi connectivity index (χ1v) is 11.8. The van der Waals surface area contributed by atoms with Gasteiger partial charge in [-0.25, -0.2) is 0 Å². The molecule has 0 N–H and O–H groups in total. The quantitative estimate of drug-likeness (QED) is 0.369. The summed E-state index contributed by atoms with van der Waals surface area (Å²) in [6.07, 6.45) is 13.6. The zero-order valence-corrected chi connectivity index (χ0v) is 16.0. The molecule has 2 unspecified atom stereocenters. The summed E-state index contributed by atoms with van der Waals surface area (Å²) in [7, 11) is -0.0909. The Kier molecular flexibility index (Phi) is 9.86. The van der Waals surface area contributed by atoms with Crippen molar-refractivity contribution in [2.45, 2.75) is 90.6 Å². The Balaban J connectivity index is 2.41. The summed E-state index contributed by atoms with van der Waals surface area (Å²) < 4.78 is 12.3.